The van der Waals surface area contributed by atoms with Crippen molar-refractivity contribution in [3.8, 4) is 0 Å². The smallest absolute Gasteiger partial charge is 0.0450 e. The van der Waals surface area contributed by atoms with Gasteiger partial charge in [0.15, 0.2) is 0 Å². The summed E-state index contributed by atoms with van der Waals surface area (Å²) in [7, 11) is 0. The Morgan fingerprint density at radius 3 is 2.65 bits per heavy atom. The molecule has 1 aromatic heterocycles. The van der Waals surface area contributed by atoms with E-state index in [1.54, 1.807) is 0 Å². The normalized spacial score (nSPS) is 12.6. The Kier molecular flexibility index (Phi) is 4.21. The predicted octanol–water partition coefficient (Wildman–Crippen LogP) is 4.56. The maximum Gasteiger partial charge on any atom is 0.0450 e. The highest BCUT2D eigenvalue weighted by Crippen LogP contribution is 2.23. The number of halogens is 1. The second kappa shape index (κ2) is 5.67. The molecule has 1 nitrogen and oxygen atoms in total. The number of rotatable bonds is 4. The molecule has 0 amide bonds. The number of thiophene rings is 1. The van der Waals surface area contributed by atoms with Gasteiger partial charge >= 0.3 is 0 Å². The van der Waals surface area contributed by atoms with Crippen molar-refractivity contribution in [2.24, 2.45) is 0 Å². The van der Waals surface area contributed by atoms with Crippen LogP contribution in [0.4, 0.5) is 0 Å². The Morgan fingerprint density at radius 1 is 1.24 bits per heavy atom. The molecule has 1 atom stereocenters. The fraction of sp³-hybridized carbons (Fsp3) is 0.286. The molecule has 0 spiro atoms. The molecule has 0 aliphatic rings. The summed E-state index contributed by atoms with van der Waals surface area (Å²) in [6.45, 7) is 5.12. The first kappa shape index (κ1) is 12.6. The van der Waals surface area contributed by atoms with Crippen molar-refractivity contribution in [3.05, 3.63) is 56.7 Å². The fourth-order valence-electron chi connectivity index (χ4n) is 1.69. The molecule has 1 aromatic carbocycles. The number of nitrogens with one attached hydrogen (secondary N) is 1. The highest BCUT2D eigenvalue weighted by atomic mass is 35.5. The van der Waals surface area contributed by atoms with Crippen molar-refractivity contribution < 1.29 is 0 Å². The van der Waals surface area contributed by atoms with Gasteiger partial charge in [0.05, 0.1) is 0 Å². The molecule has 17 heavy (non-hydrogen) atoms. The minimum Gasteiger partial charge on any atom is -0.305 e. The van der Waals surface area contributed by atoms with Crippen LogP contribution in [-0.2, 0) is 6.54 Å². The van der Waals surface area contributed by atoms with Crippen LogP contribution in [-0.4, -0.2) is 0 Å². The first-order chi connectivity index (χ1) is 8.16. The Labute approximate surface area is 111 Å². The van der Waals surface area contributed by atoms with E-state index in [2.05, 4.69) is 37.4 Å². The van der Waals surface area contributed by atoms with Gasteiger partial charge in [0.25, 0.3) is 0 Å². The largest absolute Gasteiger partial charge is 0.305 e. The van der Waals surface area contributed by atoms with Crippen molar-refractivity contribution in [1.82, 2.24) is 5.32 Å². The van der Waals surface area contributed by atoms with E-state index >= 15 is 0 Å². The summed E-state index contributed by atoms with van der Waals surface area (Å²) in [4.78, 5) is 2.72. The van der Waals surface area contributed by atoms with Gasteiger partial charge in [-0.2, -0.15) is 0 Å². The number of aryl methyl sites for hydroxylation is 1. The molecule has 1 heterocycles. The van der Waals surface area contributed by atoms with Crippen LogP contribution in [0.15, 0.2) is 36.4 Å². The van der Waals surface area contributed by atoms with Crippen LogP contribution in [0.2, 0.25) is 5.02 Å². The van der Waals surface area contributed by atoms with E-state index < -0.39 is 0 Å². The Morgan fingerprint density at radius 2 is 2.00 bits per heavy atom. The van der Waals surface area contributed by atoms with Gasteiger partial charge in [-0.3, -0.25) is 0 Å². The lowest BCUT2D eigenvalue weighted by molar-refractivity contribution is 0.583. The first-order valence-corrected chi connectivity index (χ1v) is 6.89. The minimum atomic E-state index is 0.366. The quantitative estimate of drug-likeness (QED) is 0.855. The van der Waals surface area contributed by atoms with Crippen LogP contribution >= 0.6 is 22.9 Å². The molecule has 0 aliphatic heterocycles. The second-order valence-corrected chi connectivity index (χ2v) is 5.87. The number of benzene rings is 1. The molecule has 0 bridgehead atoms. The van der Waals surface area contributed by atoms with Crippen LogP contribution in [0, 0.1) is 6.92 Å². The lowest BCUT2D eigenvalue weighted by atomic mass is 10.2. The highest BCUT2D eigenvalue weighted by Gasteiger charge is 2.07. The average molecular weight is 266 g/mol. The maximum absolute atomic E-state index is 6.12. The fourth-order valence-corrected chi connectivity index (χ4v) is 2.80. The number of hydrogen-bond donors (Lipinski definition) is 1. The van der Waals surface area contributed by atoms with Crippen molar-refractivity contribution in [2.75, 3.05) is 0 Å². The summed E-state index contributed by atoms with van der Waals surface area (Å²) in [5.74, 6) is 0. The molecule has 2 aromatic rings. The summed E-state index contributed by atoms with van der Waals surface area (Å²) in [6.07, 6.45) is 0. The van der Waals surface area contributed by atoms with Crippen LogP contribution < -0.4 is 5.32 Å². The third kappa shape index (κ3) is 3.32. The topological polar surface area (TPSA) is 12.0 Å². The monoisotopic (exact) mass is 265 g/mol. The minimum absolute atomic E-state index is 0.366. The zero-order valence-corrected chi connectivity index (χ0v) is 11.6. The second-order valence-electron chi connectivity index (χ2n) is 4.14. The summed E-state index contributed by atoms with van der Waals surface area (Å²) in [5.41, 5.74) is 1.15. The lowest BCUT2D eigenvalue weighted by Gasteiger charge is -2.12. The third-order valence-electron chi connectivity index (χ3n) is 2.74. The average Bonchev–Trinajstić information content (AvgIpc) is 2.74. The zero-order valence-electron chi connectivity index (χ0n) is 10.0. The number of hydrogen-bond acceptors (Lipinski definition) is 2. The Balaban J connectivity index is 1.97. The van der Waals surface area contributed by atoms with Gasteiger partial charge in [0, 0.05) is 27.4 Å². The molecular weight excluding hydrogens is 250 g/mol. The van der Waals surface area contributed by atoms with Crippen molar-refractivity contribution in [3.63, 3.8) is 0 Å². The summed E-state index contributed by atoms with van der Waals surface area (Å²) in [6, 6.07) is 12.7. The molecule has 90 valence electrons. The summed E-state index contributed by atoms with van der Waals surface area (Å²) >= 11 is 7.96. The van der Waals surface area contributed by atoms with E-state index in [1.165, 1.54) is 9.75 Å². The van der Waals surface area contributed by atoms with Crippen molar-refractivity contribution in [1.29, 1.82) is 0 Å². The van der Waals surface area contributed by atoms with Gasteiger partial charge in [0.1, 0.15) is 0 Å². The van der Waals surface area contributed by atoms with Crippen LogP contribution in [0.1, 0.15) is 28.3 Å². The van der Waals surface area contributed by atoms with E-state index in [0.29, 0.717) is 6.04 Å². The first-order valence-electron chi connectivity index (χ1n) is 5.70. The van der Waals surface area contributed by atoms with Crippen molar-refractivity contribution in [2.45, 2.75) is 26.4 Å². The van der Waals surface area contributed by atoms with Gasteiger partial charge in [-0.25, -0.2) is 0 Å². The van der Waals surface area contributed by atoms with E-state index in [1.807, 2.05) is 29.5 Å². The zero-order chi connectivity index (χ0) is 12.3. The van der Waals surface area contributed by atoms with E-state index in [-0.39, 0.29) is 0 Å². The van der Waals surface area contributed by atoms with Gasteiger partial charge in [-0.15, -0.1) is 11.3 Å². The highest BCUT2D eigenvalue weighted by molar-refractivity contribution is 7.12. The van der Waals surface area contributed by atoms with Crippen LogP contribution in [0.3, 0.4) is 0 Å². The van der Waals surface area contributed by atoms with Crippen LogP contribution in [0.5, 0.6) is 0 Å². The molecule has 1 N–H and O–H groups in total. The predicted molar refractivity (Wildman–Crippen MR) is 75.8 cm³/mol. The third-order valence-corrected chi connectivity index (χ3v) is 4.30. The van der Waals surface area contributed by atoms with Gasteiger partial charge in [0.2, 0.25) is 0 Å². The van der Waals surface area contributed by atoms with E-state index in [0.717, 1.165) is 17.1 Å². The molecule has 0 saturated heterocycles. The molecule has 0 aliphatic carbocycles. The lowest BCUT2D eigenvalue weighted by Crippen LogP contribution is -2.17. The van der Waals surface area contributed by atoms with Gasteiger partial charge in [-0.05, 0) is 37.6 Å². The molecule has 0 fully saturated rings. The standard InChI is InChI=1S/C14H16ClNS/c1-10-7-8-14(17-10)11(2)16-9-12-5-3-4-6-13(12)15/h3-8,11,16H,9H2,1-2H3. The van der Waals surface area contributed by atoms with E-state index in [9.17, 15) is 0 Å². The molecule has 1 unspecified atom stereocenters. The maximum atomic E-state index is 6.12. The molecule has 3 heteroatoms. The molecule has 0 saturated carbocycles. The molecule has 2 rings (SSSR count). The molecule has 0 radical (unpaired) electrons. The summed E-state index contributed by atoms with van der Waals surface area (Å²) in [5, 5.41) is 4.32. The van der Waals surface area contributed by atoms with Crippen LogP contribution in [0.25, 0.3) is 0 Å². The van der Waals surface area contributed by atoms with Gasteiger partial charge in [-0.1, -0.05) is 29.8 Å². The SMILES string of the molecule is Cc1ccc(C(C)NCc2ccccc2Cl)s1. The molecular formula is C14H16ClNS. The van der Waals surface area contributed by atoms with Gasteiger partial charge < -0.3 is 5.32 Å². The summed E-state index contributed by atoms with van der Waals surface area (Å²) < 4.78 is 0. The van der Waals surface area contributed by atoms with Crippen molar-refractivity contribution >= 4 is 22.9 Å². The van der Waals surface area contributed by atoms with E-state index in [4.69, 9.17) is 11.6 Å². The Hall–Kier alpha value is -0.830. The Bertz CT molecular complexity index is 492.